The van der Waals surface area contributed by atoms with Crippen LogP contribution in [0.3, 0.4) is 0 Å². The number of carbonyl (C=O) groups is 1. The number of rotatable bonds is 5. The first-order chi connectivity index (χ1) is 15.2. The van der Waals surface area contributed by atoms with Crippen LogP contribution in [-0.4, -0.2) is 63.3 Å². The van der Waals surface area contributed by atoms with E-state index < -0.39 is 0 Å². The molecule has 8 nitrogen and oxygen atoms in total. The van der Waals surface area contributed by atoms with Crippen LogP contribution in [0, 0.1) is 6.92 Å². The van der Waals surface area contributed by atoms with Gasteiger partial charge >= 0.3 is 0 Å². The predicted molar refractivity (Wildman–Crippen MR) is 120 cm³/mol. The summed E-state index contributed by atoms with van der Waals surface area (Å²) in [7, 11) is 0. The fraction of sp³-hybridized carbons (Fsp3) is 0.545. The minimum Gasteiger partial charge on any atom is -0.381 e. The van der Waals surface area contributed by atoms with Crippen LogP contribution in [0.4, 0.5) is 5.82 Å². The molecule has 9 heteroatoms. The van der Waals surface area contributed by atoms with Gasteiger partial charge in [-0.25, -0.2) is 9.97 Å². The first kappa shape index (κ1) is 20.4. The molecule has 1 unspecified atom stereocenters. The number of nitrogens with zero attached hydrogens (tertiary/aromatic N) is 4. The maximum absolute atomic E-state index is 12.8. The summed E-state index contributed by atoms with van der Waals surface area (Å²) >= 11 is 1.59. The Bertz CT molecular complexity index is 1060. The van der Waals surface area contributed by atoms with Crippen LogP contribution < -0.4 is 5.32 Å². The minimum absolute atomic E-state index is 0.153. The molecule has 3 aromatic heterocycles. The minimum atomic E-state index is 0.153. The topological polar surface area (TPSA) is 96.0 Å². The van der Waals surface area contributed by atoms with E-state index in [1.165, 1.54) is 0 Å². The summed E-state index contributed by atoms with van der Waals surface area (Å²) in [6, 6.07) is 4.58. The molecular formula is C22H28N6O2S. The average Bonchev–Trinajstić information content (AvgIpc) is 3.40. The molecule has 31 heavy (non-hydrogen) atoms. The number of aryl methyl sites for hydroxylation is 1. The second-order valence-electron chi connectivity index (χ2n) is 8.45. The van der Waals surface area contributed by atoms with Gasteiger partial charge in [-0.15, -0.1) is 11.3 Å². The molecule has 0 spiro atoms. The molecule has 164 valence electrons. The third-order valence-electron chi connectivity index (χ3n) is 6.20. The number of ether oxygens (including phenoxy) is 1. The molecule has 2 fully saturated rings. The highest BCUT2D eigenvalue weighted by Gasteiger charge is 2.26. The zero-order chi connectivity index (χ0) is 21.2. The van der Waals surface area contributed by atoms with Crippen LogP contribution >= 0.6 is 11.3 Å². The first-order valence-corrected chi connectivity index (χ1v) is 11.9. The fourth-order valence-corrected chi connectivity index (χ4v) is 5.11. The van der Waals surface area contributed by atoms with Gasteiger partial charge in [-0.05, 0) is 44.7 Å². The van der Waals surface area contributed by atoms with Crippen molar-refractivity contribution in [1.82, 2.24) is 25.1 Å². The third kappa shape index (κ3) is 4.57. The van der Waals surface area contributed by atoms with Crippen molar-refractivity contribution in [1.29, 1.82) is 0 Å². The van der Waals surface area contributed by atoms with Gasteiger partial charge in [0.15, 0.2) is 11.5 Å². The number of nitrogens with one attached hydrogen (secondary N) is 2. The van der Waals surface area contributed by atoms with E-state index in [0.29, 0.717) is 19.0 Å². The Kier molecular flexibility index (Phi) is 5.87. The van der Waals surface area contributed by atoms with Crippen LogP contribution in [0.1, 0.15) is 48.0 Å². The number of hydrogen-bond donors (Lipinski definition) is 2. The molecule has 5 heterocycles. The number of H-pyrrole nitrogens is 1. The summed E-state index contributed by atoms with van der Waals surface area (Å²) in [4.78, 5) is 24.1. The average molecular weight is 441 g/mol. The van der Waals surface area contributed by atoms with Gasteiger partial charge in [0.05, 0.1) is 22.5 Å². The molecular weight excluding hydrogens is 412 g/mol. The Balaban J connectivity index is 1.26. The number of amides is 1. The van der Waals surface area contributed by atoms with Crippen molar-refractivity contribution in [2.75, 3.05) is 31.6 Å². The number of hydrogen-bond acceptors (Lipinski definition) is 7. The summed E-state index contributed by atoms with van der Waals surface area (Å²) < 4.78 is 5.44. The normalized spacial score (nSPS) is 20.3. The Hall–Kier alpha value is -2.52. The largest absolute Gasteiger partial charge is 0.381 e. The van der Waals surface area contributed by atoms with Crippen molar-refractivity contribution in [3.8, 4) is 0 Å². The van der Waals surface area contributed by atoms with E-state index in [4.69, 9.17) is 9.72 Å². The molecule has 0 aliphatic carbocycles. The van der Waals surface area contributed by atoms with Crippen molar-refractivity contribution in [2.24, 2.45) is 0 Å². The molecule has 2 N–H and O–H groups in total. The van der Waals surface area contributed by atoms with Gasteiger partial charge in [-0.2, -0.15) is 5.10 Å². The summed E-state index contributed by atoms with van der Waals surface area (Å²) in [5.41, 5.74) is 2.69. The van der Waals surface area contributed by atoms with E-state index in [9.17, 15) is 4.79 Å². The van der Waals surface area contributed by atoms with Crippen molar-refractivity contribution >= 4 is 34.1 Å². The highest BCUT2D eigenvalue weighted by Crippen LogP contribution is 2.29. The van der Waals surface area contributed by atoms with E-state index in [1.807, 2.05) is 17.2 Å². The van der Waals surface area contributed by atoms with Crippen LogP contribution in [0.2, 0.25) is 0 Å². The fourth-order valence-electron chi connectivity index (χ4n) is 4.49. The summed E-state index contributed by atoms with van der Waals surface area (Å²) in [6.07, 6.45) is 4.40. The monoisotopic (exact) mass is 440 g/mol. The Morgan fingerprint density at radius 1 is 1.29 bits per heavy atom. The molecule has 1 atom stereocenters. The zero-order valence-electron chi connectivity index (χ0n) is 17.8. The number of carbonyl (C=O) groups excluding carboxylic acids is 1. The summed E-state index contributed by atoms with van der Waals surface area (Å²) in [5.74, 6) is 1.26. The van der Waals surface area contributed by atoms with Gasteiger partial charge in [-0.3, -0.25) is 9.89 Å². The molecule has 2 aliphatic rings. The number of fused-ring (bicyclic) bond motifs is 1. The van der Waals surface area contributed by atoms with Crippen LogP contribution in [0.15, 0.2) is 17.5 Å². The summed E-state index contributed by atoms with van der Waals surface area (Å²) in [5, 5.41) is 15.1. The highest BCUT2D eigenvalue weighted by molar-refractivity contribution is 7.09. The quantitative estimate of drug-likeness (QED) is 0.632. The van der Waals surface area contributed by atoms with Crippen LogP contribution in [0.25, 0.3) is 11.0 Å². The third-order valence-corrected chi connectivity index (χ3v) is 7.02. The van der Waals surface area contributed by atoms with Crippen LogP contribution in [-0.2, 0) is 16.0 Å². The number of aromatic nitrogens is 4. The van der Waals surface area contributed by atoms with Gasteiger partial charge in [0.2, 0.25) is 5.91 Å². The number of likely N-dealkylation sites (tertiary alicyclic amines) is 1. The smallest absolute Gasteiger partial charge is 0.228 e. The Morgan fingerprint density at radius 2 is 2.16 bits per heavy atom. The summed E-state index contributed by atoms with van der Waals surface area (Å²) in [6.45, 7) is 5.08. The molecule has 0 saturated carbocycles. The lowest BCUT2D eigenvalue weighted by molar-refractivity contribution is -0.131. The van der Waals surface area contributed by atoms with Gasteiger partial charge in [0.1, 0.15) is 0 Å². The second-order valence-corrected chi connectivity index (χ2v) is 9.51. The molecule has 5 rings (SSSR count). The molecule has 0 radical (unpaired) electrons. The molecule has 0 bridgehead atoms. The number of pyridine rings is 1. The van der Waals surface area contributed by atoms with E-state index >= 15 is 0 Å². The van der Waals surface area contributed by atoms with Crippen molar-refractivity contribution in [3.63, 3.8) is 0 Å². The first-order valence-electron chi connectivity index (χ1n) is 11.0. The standard InChI is InChI=1S/C22H28N6O2S/c1-14-23-17(13-31-14)11-20(29)28-8-2-3-15(12-28)19-5-4-18-21(26-27-22(18)25-19)24-16-6-9-30-10-7-16/h4-5,13,15-16H,2-3,6-12H2,1H3,(H2,24,25,26,27). The number of thiazole rings is 1. The number of aromatic amines is 1. The number of piperidine rings is 1. The van der Waals surface area contributed by atoms with Gasteiger partial charge in [0.25, 0.3) is 0 Å². The van der Waals surface area contributed by atoms with E-state index in [2.05, 4.69) is 32.6 Å². The van der Waals surface area contributed by atoms with Gasteiger partial charge in [0, 0.05) is 49.3 Å². The van der Waals surface area contributed by atoms with Crippen molar-refractivity contribution in [2.45, 2.75) is 51.0 Å². The van der Waals surface area contributed by atoms with Crippen molar-refractivity contribution < 1.29 is 9.53 Å². The molecule has 1 amide bonds. The van der Waals surface area contributed by atoms with E-state index in [1.54, 1.807) is 11.3 Å². The zero-order valence-corrected chi connectivity index (χ0v) is 18.6. The molecule has 2 aliphatic heterocycles. The second kappa shape index (κ2) is 8.92. The maximum Gasteiger partial charge on any atom is 0.228 e. The van der Waals surface area contributed by atoms with Crippen molar-refractivity contribution in [3.05, 3.63) is 33.9 Å². The lowest BCUT2D eigenvalue weighted by atomic mass is 9.94. The highest BCUT2D eigenvalue weighted by atomic mass is 32.1. The Labute approximate surface area is 185 Å². The molecule has 3 aromatic rings. The van der Waals surface area contributed by atoms with Gasteiger partial charge < -0.3 is 15.0 Å². The Morgan fingerprint density at radius 3 is 2.97 bits per heavy atom. The lowest BCUT2D eigenvalue weighted by Gasteiger charge is -2.32. The number of anilines is 1. The van der Waals surface area contributed by atoms with E-state index in [-0.39, 0.29) is 11.8 Å². The molecule has 2 saturated heterocycles. The van der Waals surface area contributed by atoms with Crippen LogP contribution in [0.5, 0.6) is 0 Å². The molecule has 0 aromatic carbocycles. The predicted octanol–water partition coefficient (Wildman–Crippen LogP) is 3.26. The SMILES string of the molecule is Cc1nc(CC(=O)N2CCCC(c3ccc4c(NC5CCOCC5)n[nH]c4n3)C2)cs1. The van der Waals surface area contributed by atoms with Gasteiger partial charge in [-0.1, -0.05) is 0 Å². The maximum atomic E-state index is 12.8. The van der Waals surface area contributed by atoms with E-state index in [0.717, 1.165) is 78.7 Å². The lowest BCUT2D eigenvalue weighted by Crippen LogP contribution is -2.40.